The Labute approximate surface area is 164 Å². The lowest BCUT2D eigenvalue weighted by atomic mass is 9.61. The molecule has 0 fully saturated rings. The van der Waals surface area contributed by atoms with Crippen molar-refractivity contribution in [1.82, 2.24) is 0 Å². The van der Waals surface area contributed by atoms with Crippen LogP contribution in [0.25, 0.3) is 0 Å². The summed E-state index contributed by atoms with van der Waals surface area (Å²) < 4.78 is 22.5. The second-order valence-electron chi connectivity index (χ2n) is 10.4. The van der Waals surface area contributed by atoms with Crippen LogP contribution in [0.4, 0.5) is 0 Å². The fraction of sp³-hybridized carbons (Fsp3) is 0.947. The van der Waals surface area contributed by atoms with Crippen LogP contribution in [0.2, 0.25) is 0 Å². The number of carbonyl (C=O) groups excluding carboxylic acids is 1. The van der Waals surface area contributed by atoms with E-state index in [9.17, 15) is 19.2 Å². The largest absolute Gasteiger partial charge is 0.459 e. The standard InChI is InChI=1S/C19H38NO6P/c1-14(27(23,24)20-22)25-12-11-18(8,9)26-15(21)19(10,17(5,6)7)13-16(2,3)4/h14H,11-13H2,1-10H3,(H,23,24). The van der Waals surface area contributed by atoms with E-state index in [1.54, 1.807) is 13.8 Å². The third-order valence-electron chi connectivity index (χ3n) is 5.01. The predicted molar refractivity (Wildman–Crippen MR) is 107 cm³/mol. The Morgan fingerprint density at radius 1 is 1.07 bits per heavy atom. The molecule has 0 saturated heterocycles. The molecule has 0 aliphatic heterocycles. The van der Waals surface area contributed by atoms with Crippen LogP contribution in [0.1, 0.15) is 82.1 Å². The van der Waals surface area contributed by atoms with E-state index in [0.717, 1.165) is 0 Å². The molecule has 1 N–H and O–H groups in total. The maximum absolute atomic E-state index is 13.1. The maximum atomic E-state index is 13.1. The summed E-state index contributed by atoms with van der Waals surface area (Å²) in [6.45, 7) is 19.2. The number of nitroso groups, excluding NO2 is 1. The summed E-state index contributed by atoms with van der Waals surface area (Å²) in [5.41, 5.74) is -1.85. The third-order valence-corrected chi connectivity index (χ3v) is 6.34. The van der Waals surface area contributed by atoms with Gasteiger partial charge in [-0.05, 0) is 44.9 Å². The zero-order valence-electron chi connectivity index (χ0n) is 18.6. The van der Waals surface area contributed by atoms with E-state index >= 15 is 0 Å². The molecular weight excluding hydrogens is 369 g/mol. The van der Waals surface area contributed by atoms with Crippen molar-refractivity contribution >= 4 is 13.5 Å². The van der Waals surface area contributed by atoms with Crippen molar-refractivity contribution in [2.75, 3.05) is 6.61 Å². The van der Waals surface area contributed by atoms with Gasteiger partial charge >= 0.3 is 13.5 Å². The minimum absolute atomic E-state index is 0.0478. The van der Waals surface area contributed by atoms with Gasteiger partial charge < -0.3 is 14.4 Å². The van der Waals surface area contributed by atoms with E-state index in [2.05, 4.69) is 25.7 Å². The van der Waals surface area contributed by atoms with Crippen molar-refractivity contribution in [2.24, 2.45) is 21.2 Å². The highest BCUT2D eigenvalue weighted by Crippen LogP contribution is 2.49. The number of carbonyl (C=O) groups is 1. The van der Waals surface area contributed by atoms with E-state index in [1.165, 1.54) is 6.92 Å². The maximum Gasteiger partial charge on any atom is 0.377 e. The van der Waals surface area contributed by atoms with Gasteiger partial charge in [-0.15, -0.1) is 4.91 Å². The van der Waals surface area contributed by atoms with Gasteiger partial charge in [0.05, 0.1) is 12.0 Å². The SMILES string of the molecule is CC(OCCC(C)(C)OC(=O)C(C)(CC(C)(C)C)C(C)(C)C)P(=O)(O)N=O. The smallest absolute Gasteiger partial charge is 0.377 e. The van der Waals surface area contributed by atoms with Crippen molar-refractivity contribution in [1.29, 1.82) is 0 Å². The lowest BCUT2D eigenvalue weighted by molar-refractivity contribution is -0.179. The van der Waals surface area contributed by atoms with E-state index < -0.39 is 24.4 Å². The summed E-state index contributed by atoms with van der Waals surface area (Å²) in [5, 5.41) is 0. The Balaban J connectivity index is 5.11. The van der Waals surface area contributed by atoms with Gasteiger partial charge in [-0.2, -0.15) is 0 Å². The van der Waals surface area contributed by atoms with Gasteiger partial charge in [0.1, 0.15) is 5.60 Å². The Morgan fingerprint density at radius 2 is 1.56 bits per heavy atom. The van der Waals surface area contributed by atoms with Crippen LogP contribution in [0.5, 0.6) is 0 Å². The van der Waals surface area contributed by atoms with Crippen LogP contribution in [-0.4, -0.2) is 28.9 Å². The number of rotatable bonds is 9. The van der Waals surface area contributed by atoms with Gasteiger partial charge in [-0.3, -0.25) is 9.36 Å². The molecule has 0 saturated carbocycles. The summed E-state index contributed by atoms with van der Waals surface area (Å²) in [7, 11) is -4.21. The van der Waals surface area contributed by atoms with Gasteiger partial charge in [-0.1, -0.05) is 41.5 Å². The van der Waals surface area contributed by atoms with Crippen LogP contribution >= 0.6 is 7.52 Å². The van der Waals surface area contributed by atoms with E-state index in [4.69, 9.17) is 9.47 Å². The molecule has 0 radical (unpaired) electrons. The summed E-state index contributed by atoms with van der Waals surface area (Å²) in [6, 6.07) is 0. The third kappa shape index (κ3) is 8.00. The number of ether oxygens (including phenoxy) is 2. The number of hydrogen-bond donors (Lipinski definition) is 1. The second kappa shape index (κ2) is 8.71. The van der Waals surface area contributed by atoms with E-state index in [0.29, 0.717) is 12.8 Å². The zero-order chi connectivity index (χ0) is 21.9. The molecular formula is C19H38NO6P. The molecule has 3 atom stereocenters. The van der Waals surface area contributed by atoms with E-state index in [-0.39, 0.29) is 23.4 Å². The molecule has 160 valence electrons. The first-order valence-corrected chi connectivity index (χ1v) is 11.0. The second-order valence-corrected chi connectivity index (χ2v) is 12.4. The predicted octanol–water partition coefficient (Wildman–Crippen LogP) is 5.50. The summed E-state index contributed by atoms with van der Waals surface area (Å²) in [6.07, 6.45) is 0.988. The minimum atomic E-state index is -4.21. The van der Waals surface area contributed by atoms with Gasteiger partial charge in [0, 0.05) is 11.4 Å². The molecule has 0 heterocycles. The average Bonchev–Trinajstić information content (AvgIpc) is 2.43. The monoisotopic (exact) mass is 407 g/mol. The highest BCUT2D eigenvalue weighted by Gasteiger charge is 2.49. The van der Waals surface area contributed by atoms with Gasteiger partial charge in [0.15, 0.2) is 5.85 Å². The normalized spacial score (nSPS) is 18.9. The lowest BCUT2D eigenvalue weighted by Gasteiger charge is -2.45. The molecule has 0 aliphatic rings. The number of hydrogen-bond acceptors (Lipinski definition) is 5. The quantitative estimate of drug-likeness (QED) is 0.307. The van der Waals surface area contributed by atoms with Crippen molar-refractivity contribution in [3.05, 3.63) is 4.91 Å². The van der Waals surface area contributed by atoms with E-state index in [1.807, 2.05) is 27.7 Å². The topological polar surface area (TPSA) is 102 Å². The molecule has 0 aromatic rings. The highest BCUT2D eigenvalue weighted by molar-refractivity contribution is 7.56. The molecule has 0 bridgehead atoms. The first-order valence-electron chi connectivity index (χ1n) is 9.30. The average molecular weight is 407 g/mol. The summed E-state index contributed by atoms with van der Waals surface area (Å²) in [4.78, 5) is 35.0. The molecule has 0 aromatic heterocycles. The van der Waals surface area contributed by atoms with Crippen molar-refractivity contribution < 1.29 is 23.7 Å². The van der Waals surface area contributed by atoms with Crippen LogP contribution in [0.15, 0.2) is 4.95 Å². The van der Waals surface area contributed by atoms with Gasteiger partial charge in [-0.25, -0.2) is 0 Å². The number of esters is 1. The van der Waals surface area contributed by atoms with Gasteiger partial charge in [0.2, 0.25) is 0 Å². The van der Waals surface area contributed by atoms with Crippen LogP contribution in [0.3, 0.4) is 0 Å². The van der Waals surface area contributed by atoms with Crippen molar-refractivity contribution in [3.8, 4) is 0 Å². The Hall–Kier alpha value is -0.780. The summed E-state index contributed by atoms with van der Waals surface area (Å²) >= 11 is 0. The fourth-order valence-electron chi connectivity index (χ4n) is 2.76. The zero-order valence-corrected chi connectivity index (χ0v) is 19.5. The molecule has 0 amide bonds. The molecule has 0 spiro atoms. The Kier molecular flexibility index (Phi) is 8.46. The Bertz CT molecular complexity index is 576. The highest BCUT2D eigenvalue weighted by atomic mass is 31.2. The lowest BCUT2D eigenvalue weighted by Crippen LogP contribution is -2.47. The molecule has 3 unspecified atom stereocenters. The molecule has 7 nitrogen and oxygen atoms in total. The van der Waals surface area contributed by atoms with Crippen molar-refractivity contribution in [2.45, 2.75) is 93.5 Å². The number of nitrogens with zero attached hydrogens (tertiary/aromatic N) is 1. The van der Waals surface area contributed by atoms with Crippen molar-refractivity contribution in [3.63, 3.8) is 0 Å². The molecule has 0 aromatic carbocycles. The molecule has 0 rings (SSSR count). The Morgan fingerprint density at radius 3 is 1.93 bits per heavy atom. The molecule has 27 heavy (non-hydrogen) atoms. The molecule has 0 aliphatic carbocycles. The van der Waals surface area contributed by atoms with Crippen LogP contribution in [-0.2, 0) is 18.8 Å². The van der Waals surface area contributed by atoms with Gasteiger partial charge in [0.25, 0.3) is 0 Å². The molecule has 8 heteroatoms. The fourth-order valence-corrected chi connectivity index (χ4v) is 3.19. The first kappa shape index (κ1) is 26.2. The minimum Gasteiger partial charge on any atom is -0.459 e. The van der Waals surface area contributed by atoms with Crippen LogP contribution < -0.4 is 0 Å². The summed E-state index contributed by atoms with van der Waals surface area (Å²) in [5.74, 6) is -1.47. The van der Waals surface area contributed by atoms with Crippen LogP contribution in [0, 0.1) is 21.2 Å². The first-order chi connectivity index (χ1) is 11.8.